The summed E-state index contributed by atoms with van der Waals surface area (Å²) in [6, 6.07) is 6.85. The number of benzene rings is 1. The monoisotopic (exact) mass is 304 g/mol. The third-order valence-electron chi connectivity index (χ3n) is 3.20. The van der Waals surface area contributed by atoms with E-state index in [4.69, 9.17) is 4.74 Å². The Morgan fingerprint density at radius 3 is 2.73 bits per heavy atom. The van der Waals surface area contributed by atoms with Gasteiger partial charge in [0.2, 0.25) is 0 Å². The van der Waals surface area contributed by atoms with Crippen LogP contribution < -0.4 is 10.1 Å². The highest BCUT2D eigenvalue weighted by Gasteiger charge is 2.12. The van der Waals surface area contributed by atoms with Crippen molar-refractivity contribution in [3.8, 4) is 11.5 Å². The van der Waals surface area contributed by atoms with E-state index < -0.39 is 0 Å². The third-order valence-corrected chi connectivity index (χ3v) is 3.20. The third kappa shape index (κ3) is 4.28. The van der Waals surface area contributed by atoms with Crippen molar-refractivity contribution in [3.05, 3.63) is 53.1 Å². The van der Waals surface area contributed by atoms with Gasteiger partial charge in [0.1, 0.15) is 5.75 Å². The predicted molar refractivity (Wildman–Crippen MR) is 88.9 cm³/mol. The van der Waals surface area contributed by atoms with Crippen molar-refractivity contribution in [2.75, 3.05) is 6.54 Å². The first-order valence-corrected chi connectivity index (χ1v) is 7.35. The summed E-state index contributed by atoms with van der Waals surface area (Å²) < 4.78 is 19.3. The number of rotatable bonds is 2. The molecular weight excluding hydrogens is 279 g/mol. The Morgan fingerprint density at radius 2 is 2.00 bits per heavy atom. The minimum absolute atomic E-state index is 0. The van der Waals surface area contributed by atoms with Gasteiger partial charge < -0.3 is 10.1 Å². The molecule has 2 aromatic rings. The molecule has 0 amide bonds. The number of hydrogen-bond acceptors (Lipinski definition) is 3. The second kappa shape index (κ2) is 8.49. The summed E-state index contributed by atoms with van der Waals surface area (Å²) in [7, 11) is 0. The van der Waals surface area contributed by atoms with Gasteiger partial charge in [-0.15, -0.1) is 0 Å². The molecule has 0 spiro atoms. The largest absolute Gasteiger partial charge is 0.453 e. The highest BCUT2D eigenvalue weighted by molar-refractivity contribution is 5.36. The Balaban J connectivity index is 0.000000775. The van der Waals surface area contributed by atoms with Crippen LogP contribution in [0.1, 0.15) is 38.1 Å². The molecular formula is C18H25FN2O. The number of aromatic nitrogens is 1. The van der Waals surface area contributed by atoms with Crippen LogP contribution in [0.25, 0.3) is 0 Å². The van der Waals surface area contributed by atoms with Gasteiger partial charge in [-0.2, -0.15) is 0 Å². The van der Waals surface area contributed by atoms with Crippen LogP contribution in [-0.4, -0.2) is 11.5 Å². The van der Waals surface area contributed by atoms with E-state index in [1.807, 2.05) is 32.9 Å². The van der Waals surface area contributed by atoms with Gasteiger partial charge in [-0.05, 0) is 36.2 Å². The maximum Gasteiger partial charge on any atom is 0.165 e. The average Bonchev–Trinajstić information content (AvgIpc) is 2.52. The number of ether oxygens (including phenoxy) is 1. The summed E-state index contributed by atoms with van der Waals surface area (Å²) in [6.07, 6.45) is 2.58. The number of hydrogen-bond donors (Lipinski definition) is 1. The fourth-order valence-corrected chi connectivity index (χ4v) is 2.20. The van der Waals surface area contributed by atoms with Crippen LogP contribution in [0, 0.1) is 12.7 Å². The molecule has 3 rings (SSSR count). The topological polar surface area (TPSA) is 34.1 Å². The van der Waals surface area contributed by atoms with E-state index in [-0.39, 0.29) is 19.0 Å². The van der Waals surface area contributed by atoms with Gasteiger partial charge >= 0.3 is 0 Å². The molecule has 0 radical (unpaired) electrons. The van der Waals surface area contributed by atoms with Crippen LogP contribution in [0.5, 0.6) is 11.5 Å². The van der Waals surface area contributed by atoms with E-state index in [1.165, 1.54) is 6.07 Å². The molecule has 1 N–H and O–H groups in total. The molecule has 1 aliphatic heterocycles. The lowest BCUT2D eigenvalue weighted by Crippen LogP contribution is -2.24. The molecule has 0 atom stereocenters. The van der Waals surface area contributed by atoms with Crippen molar-refractivity contribution < 1.29 is 9.13 Å². The summed E-state index contributed by atoms with van der Waals surface area (Å²) in [5.41, 5.74) is 3.09. The molecule has 0 saturated carbocycles. The van der Waals surface area contributed by atoms with Crippen LogP contribution in [0.15, 0.2) is 30.5 Å². The fraction of sp³-hybridized carbons (Fsp3) is 0.389. The Morgan fingerprint density at radius 1 is 1.23 bits per heavy atom. The first kappa shape index (κ1) is 18.1. The molecule has 0 bridgehead atoms. The second-order valence-electron chi connectivity index (χ2n) is 4.74. The lowest BCUT2D eigenvalue weighted by molar-refractivity contribution is 0.438. The molecule has 3 nitrogen and oxygen atoms in total. The standard InChI is InChI=1S/C15H15FN2O.C2H6.CH4/c1-10-2-3-15(13(16)6-10)19-12-7-11-8-17-5-4-14(11)18-9-12;1-2;/h2-3,6-7,9,17H,4-5,8H2,1H3;1-2H3;1H4. The molecule has 1 aromatic carbocycles. The number of nitrogens with one attached hydrogen (secondary N) is 1. The van der Waals surface area contributed by atoms with E-state index in [9.17, 15) is 4.39 Å². The fourth-order valence-electron chi connectivity index (χ4n) is 2.20. The van der Waals surface area contributed by atoms with Crippen LogP contribution in [0.3, 0.4) is 0 Å². The molecule has 1 aromatic heterocycles. The molecule has 0 fully saturated rings. The van der Waals surface area contributed by atoms with E-state index in [2.05, 4.69) is 10.3 Å². The molecule has 0 unspecified atom stereocenters. The van der Waals surface area contributed by atoms with Gasteiger partial charge in [0.15, 0.2) is 11.6 Å². The minimum Gasteiger partial charge on any atom is -0.453 e. The Hall–Kier alpha value is -1.94. The van der Waals surface area contributed by atoms with Crippen LogP contribution in [0.2, 0.25) is 0 Å². The van der Waals surface area contributed by atoms with Crippen LogP contribution in [-0.2, 0) is 13.0 Å². The van der Waals surface area contributed by atoms with E-state index in [0.717, 1.165) is 36.3 Å². The van der Waals surface area contributed by atoms with Crippen molar-refractivity contribution in [1.29, 1.82) is 0 Å². The summed E-state index contributed by atoms with van der Waals surface area (Å²) in [5.74, 6) is 0.456. The zero-order chi connectivity index (χ0) is 15.2. The Bertz CT molecular complexity index is 614. The van der Waals surface area contributed by atoms with E-state index in [0.29, 0.717) is 5.75 Å². The van der Waals surface area contributed by atoms with E-state index in [1.54, 1.807) is 12.3 Å². The van der Waals surface area contributed by atoms with Gasteiger partial charge in [0, 0.05) is 25.2 Å². The predicted octanol–water partition coefficient (Wildman–Crippen LogP) is 4.63. The van der Waals surface area contributed by atoms with Gasteiger partial charge in [-0.3, -0.25) is 4.98 Å². The van der Waals surface area contributed by atoms with Gasteiger partial charge in [-0.25, -0.2) is 4.39 Å². The molecule has 4 heteroatoms. The number of halogens is 1. The average molecular weight is 304 g/mol. The lowest BCUT2D eigenvalue weighted by Gasteiger charge is -2.17. The number of aryl methyl sites for hydroxylation is 1. The minimum atomic E-state index is -0.351. The Kier molecular flexibility index (Phi) is 6.99. The molecule has 0 aliphatic carbocycles. The smallest absolute Gasteiger partial charge is 0.165 e. The molecule has 120 valence electrons. The summed E-state index contributed by atoms with van der Waals surface area (Å²) in [5, 5.41) is 3.28. The highest BCUT2D eigenvalue weighted by Crippen LogP contribution is 2.26. The highest BCUT2D eigenvalue weighted by atomic mass is 19.1. The second-order valence-corrected chi connectivity index (χ2v) is 4.74. The number of pyridine rings is 1. The Labute approximate surface area is 132 Å². The maximum atomic E-state index is 13.7. The van der Waals surface area contributed by atoms with Crippen molar-refractivity contribution in [2.24, 2.45) is 0 Å². The lowest BCUT2D eigenvalue weighted by atomic mass is 10.1. The van der Waals surface area contributed by atoms with Crippen molar-refractivity contribution in [1.82, 2.24) is 10.3 Å². The zero-order valence-corrected chi connectivity index (χ0v) is 12.7. The first-order valence-electron chi connectivity index (χ1n) is 7.35. The molecule has 22 heavy (non-hydrogen) atoms. The first-order chi connectivity index (χ1) is 10.2. The van der Waals surface area contributed by atoms with Gasteiger partial charge in [0.05, 0.1) is 6.20 Å². The molecule has 0 saturated heterocycles. The van der Waals surface area contributed by atoms with Gasteiger partial charge in [0.25, 0.3) is 0 Å². The zero-order valence-electron chi connectivity index (χ0n) is 12.7. The quantitative estimate of drug-likeness (QED) is 0.878. The van der Waals surface area contributed by atoms with Crippen LogP contribution in [0.4, 0.5) is 4.39 Å². The van der Waals surface area contributed by atoms with Gasteiger partial charge in [-0.1, -0.05) is 27.3 Å². The van der Waals surface area contributed by atoms with Crippen molar-refractivity contribution in [3.63, 3.8) is 0 Å². The maximum absolute atomic E-state index is 13.7. The van der Waals surface area contributed by atoms with Crippen molar-refractivity contribution in [2.45, 2.75) is 41.2 Å². The summed E-state index contributed by atoms with van der Waals surface area (Å²) >= 11 is 0. The SMILES string of the molecule is C.CC.Cc1ccc(Oc2cnc3c(c2)CNCC3)c(F)c1. The van der Waals surface area contributed by atoms with Crippen molar-refractivity contribution >= 4 is 0 Å². The molecule has 2 heterocycles. The normalized spacial score (nSPS) is 12.4. The van der Waals surface area contributed by atoms with E-state index >= 15 is 0 Å². The summed E-state index contributed by atoms with van der Waals surface area (Å²) in [6.45, 7) is 7.59. The number of nitrogens with zero attached hydrogens (tertiary/aromatic N) is 1. The summed E-state index contributed by atoms with van der Waals surface area (Å²) in [4.78, 5) is 4.38. The number of fused-ring (bicyclic) bond motifs is 1. The molecule has 1 aliphatic rings. The van der Waals surface area contributed by atoms with Crippen LogP contribution >= 0.6 is 0 Å².